The van der Waals surface area contributed by atoms with Crippen LogP contribution in [0.3, 0.4) is 0 Å². The van der Waals surface area contributed by atoms with Gasteiger partial charge in [-0.3, -0.25) is 0 Å². The smallest absolute Gasteiger partial charge is 0.225 e. The maximum Gasteiger partial charge on any atom is 0.238 e. The van der Waals surface area contributed by atoms with Crippen molar-refractivity contribution in [2.45, 2.75) is 38.5 Å². The van der Waals surface area contributed by atoms with Crippen LogP contribution in [0.4, 0.5) is 0 Å². The zero-order valence-electron chi connectivity index (χ0n) is 12.7. The first-order valence-corrected chi connectivity index (χ1v) is 8.67. The number of rotatable bonds is 4. The first kappa shape index (κ1) is 15.7. The minimum atomic E-state index is -3.75. The largest absolute Gasteiger partial charge is 0.238 e. The van der Waals surface area contributed by atoms with Gasteiger partial charge in [0, 0.05) is 5.56 Å². The maximum atomic E-state index is 11.9. The summed E-state index contributed by atoms with van der Waals surface area (Å²) in [5.74, 6) is 0. The average Bonchev–Trinajstić information content (AvgIpc) is 2.44. The second-order valence-corrected chi connectivity index (χ2v) is 6.73. The number of aryl methyl sites for hydroxylation is 3. The molecule has 0 spiro atoms. The molecule has 0 atom stereocenters. The number of primary sulfonamides is 1. The number of hydrogen-bond acceptors (Lipinski definition) is 2. The third kappa shape index (κ3) is 3.17. The quantitative estimate of drug-likeness (QED) is 0.940. The van der Waals surface area contributed by atoms with Crippen LogP contribution >= 0.6 is 0 Å². The molecule has 0 aliphatic carbocycles. The van der Waals surface area contributed by atoms with E-state index in [9.17, 15) is 8.42 Å². The van der Waals surface area contributed by atoms with Gasteiger partial charge in [-0.25, -0.2) is 13.6 Å². The van der Waals surface area contributed by atoms with Gasteiger partial charge in [0.1, 0.15) is 0 Å². The summed E-state index contributed by atoms with van der Waals surface area (Å²) in [7, 11) is -3.75. The molecule has 0 unspecified atom stereocenters. The highest BCUT2D eigenvalue weighted by molar-refractivity contribution is 7.89. The monoisotopic (exact) mass is 303 g/mol. The molecule has 0 bridgehead atoms. The van der Waals surface area contributed by atoms with Crippen molar-refractivity contribution < 1.29 is 8.42 Å². The lowest BCUT2D eigenvalue weighted by Gasteiger charge is -2.16. The van der Waals surface area contributed by atoms with Gasteiger partial charge in [0.25, 0.3) is 0 Å². The summed E-state index contributed by atoms with van der Waals surface area (Å²) in [5.41, 5.74) is 5.03. The van der Waals surface area contributed by atoms with Gasteiger partial charge >= 0.3 is 0 Å². The van der Waals surface area contributed by atoms with Crippen LogP contribution in [0.15, 0.2) is 41.3 Å². The van der Waals surface area contributed by atoms with Gasteiger partial charge in [-0.2, -0.15) is 0 Å². The highest BCUT2D eigenvalue weighted by Gasteiger charge is 2.19. The van der Waals surface area contributed by atoms with Crippen molar-refractivity contribution in [3.8, 4) is 11.1 Å². The van der Waals surface area contributed by atoms with E-state index in [4.69, 9.17) is 5.14 Å². The minimum absolute atomic E-state index is 0.198. The molecule has 2 aromatic carbocycles. The van der Waals surface area contributed by atoms with Crippen molar-refractivity contribution >= 4 is 10.0 Å². The van der Waals surface area contributed by atoms with Crippen LogP contribution in [0.1, 0.15) is 30.5 Å². The zero-order valence-corrected chi connectivity index (χ0v) is 13.5. The molecule has 0 saturated heterocycles. The van der Waals surface area contributed by atoms with Crippen molar-refractivity contribution in [3.63, 3.8) is 0 Å². The van der Waals surface area contributed by atoms with Gasteiger partial charge in [0.15, 0.2) is 0 Å². The molecule has 0 heterocycles. The van der Waals surface area contributed by atoms with Crippen molar-refractivity contribution in [2.75, 3.05) is 0 Å². The van der Waals surface area contributed by atoms with Crippen LogP contribution in [0, 0.1) is 6.92 Å². The van der Waals surface area contributed by atoms with Crippen molar-refractivity contribution in [1.29, 1.82) is 0 Å². The Morgan fingerprint density at radius 2 is 1.57 bits per heavy atom. The summed E-state index contributed by atoms with van der Waals surface area (Å²) in [6, 6.07) is 11.4. The SMILES string of the molecule is CCc1cccc(CC)c1-c1cc(C)ccc1S(N)(=O)=O. The Labute approximate surface area is 126 Å². The van der Waals surface area contributed by atoms with Gasteiger partial charge in [0.05, 0.1) is 4.90 Å². The molecule has 112 valence electrons. The van der Waals surface area contributed by atoms with E-state index in [1.165, 1.54) is 0 Å². The molecule has 0 aliphatic rings. The maximum absolute atomic E-state index is 11.9. The second kappa shape index (κ2) is 6.00. The molecule has 0 aromatic heterocycles. The van der Waals surface area contributed by atoms with Crippen LogP contribution in [-0.4, -0.2) is 8.42 Å². The number of benzene rings is 2. The lowest BCUT2D eigenvalue weighted by atomic mass is 9.91. The Kier molecular flexibility index (Phi) is 4.49. The molecule has 4 heteroatoms. The number of nitrogens with two attached hydrogens (primary N) is 1. The van der Waals surface area contributed by atoms with E-state index in [0.717, 1.165) is 35.1 Å². The van der Waals surface area contributed by atoms with E-state index in [0.29, 0.717) is 5.56 Å². The second-order valence-electron chi connectivity index (χ2n) is 5.20. The minimum Gasteiger partial charge on any atom is -0.225 e. The lowest BCUT2D eigenvalue weighted by molar-refractivity contribution is 0.598. The van der Waals surface area contributed by atoms with Gasteiger partial charge in [-0.15, -0.1) is 0 Å². The number of sulfonamides is 1. The topological polar surface area (TPSA) is 60.2 Å². The zero-order chi connectivity index (χ0) is 15.6. The van der Waals surface area contributed by atoms with Gasteiger partial charge < -0.3 is 0 Å². The summed E-state index contributed by atoms with van der Waals surface area (Å²) >= 11 is 0. The van der Waals surface area contributed by atoms with Gasteiger partial charge in [-0.05, 0) is 42.5 Å². The molecule has 0 radical (unpaired) electrons. The van der Waals surface area contributed by atoms with Crippen LogP contribution < -0.4 is 5.14 Å². The molecule has 2 N–H and O–H groups in total. The Morgan fingerprint density at radius 3 is 2.05 bits per heavy atom. The molecule has 2 aromatic rings. The van der Waals surface area contributed by atoms with E-state index in [1.54, 1.807) is 12.1 Å². The molecule has 0 saturated carbocycles. The van der Waals surface area contributed by atoms with Gasteiger partial charge in [-0.1, -0.05) is 49.7 Å². The summed E-state index contributed by atoms with van der Waals surface area (Å²) in [5, 5.41) is 5.40. The molecule has 0 amide bonds. The molecule has 0 fully saturated rings. The highest BCUT2D eigenvalue weighted by Crippen LogP contribution is 2.34. The Bertz CT molecular complexity index is 742. The molecular formula is C17H21NO2S. The van der Waals surface area contributed by atoms with Crippen LogP contribution in [-0.2, 0) is 22.9 Å². The summed E-state index contributed by atoms with van der Waals surface area (Å²) in [4.78, 5) is 0.198. The van der Waals surface area contributed by atoms with Crippen LogP contribution in [0.2, 0.25) is 0 Å². The van der Waals surface area contributed by atoms with E-state index in [-0.39, 0.29) is 4.90 Å². The summed E-state index contributed by atoms with van der Waals surface area (Å²) in [6.45, 7) is 6.10. The molecular weight excluding hydrogens is 282 g/mol. The van der Waals surface area contributed by atoms with E-state index in [2.05, 4.69) is 13.8 Å². The Balaban J connectivity index is 2.87. The fourth-order valence-corrected chi connectivity index (χ4v) is 3.40. The first-order valence-electron chi connectivity index (χ1n) is 7.13. The Morgan fingerprint density at radius 1 is 1.00 bits per heavy atom. The van der Waals surface area contributed by atoms with Crippen molar-refractivity contribution in [1.82, 2.24) is 0 Å². The van der Waals surface area contributed by atoms with Crippen molar-refractivity contribution in [2.24, 2.45) is 5.14 Å². The van der Waals surface area contributed by atoms with Crippen LogP contribution in [0.5, 0.6) is 0 Å². The van der Waals surface area contributed by atoms with E-state index in [1.807, 2.05) is 31.2 Å². The third-order valence-electron chi connectivity index (χ3n) is 3.71. The van der Waals surface area contributed by atoms with Crippen molar-refractivity contribution in [3.05, 3.63) is 53.1 Å². The predicted octanol–water partition coefficient (Wildman–Crippen LogP) is 3.43. The predicted molar refractivity (Wildman–Crippen MR) is 86.7 cm³/mol. The highest BCUT2D eigenvalue weighted by atomic mass is 32.2. The Hall–Kier alpha value is -1.65. The van der Waals surface area contributed by atoms with Crippen LogP contribution in [0.25, 0.3) is 11.1 Å². The normalized spacial score (nSPS) is 11.6. The van der Waals surface area contributed by atoms with E-state index >= 15 is 0 Å². The molecule has 3 nitrogen and oxygen atoms in total. The fraction of sp³-hybridized carbons (Fsp3) is 0.294. The summed E-state index contributed by atoms with van der Waals surface area (Å²) < 4.78 is 23.8. The number of hydrogen-bond donors (Lipinski definition) is 1. The molecule has 21 heavy (non-hydrogen) atoms. The standard InChI is InChI=1S/C17H21NO2S/c1-4-13-7-6-8-14(5-2)17(13)15-11-12(3)9-10-16(15)21(18,19)20/h6-11H,4-5H2,1-3H3,(H2,18,19,20). The third-order valence-corrected chi connectivity index (χ3v) is 4.68. The fourth-order valence-electron chi connectivity index (χ4n) is 2.68. The average molecular weight is 303 g/mol. The van der Waals surface area contributed by atoms with E-state index < -0.39 is 10.0 Å². The first-order chi connectivity index (χ1) is 9.88. The lowest BCUT2D eigenvalue weighted by Crippen LogP contribution is -2.14. The molecule has 2 rings (SSSR count). The van der Waals surface area contributed by atoms with Gasteiger partial charge in [0.2, 0.25) is 10.0 Å². The molecule has 0 aliphatic heterocycles. The summed E-state index contributed by atoms with van der Waals surface area (Å²) in [6.07, 6.45) is 1.70.